The minimum atomic E-state index is -0.589. The Balaban J connectivity index is 1.29. The normalized spacial score (nSPS) is 19.2. The number of aliphatic hydroxyl groups is 1. The van der Waals surface area contributed by atoms with E-state index in [9.17, 15) is 9.90 Å². The average Bonchev–Trinajstić information content (AvgIpc) is 2.89. The Labute approximate surface area is 223 Å². The lowest BCUT2D eigenvalue weighted by atomic mass is 9.93. The fourth-order valence-electron chi connectivity index (χ4n) is 4.78. The van der Waals surface area contributed by atoms with Crippen molar-refractivity contribution in [3.8, 4) is 11.3 Å². The number of nitrogens with zero attached hydrogens (tertiary/aromatic N) is 4. The molecule has 1 aromatic carbocycles. The number of rotatable bonds is 6. The van der Waals surface area contributed by atoms with Crippen LogP contribution in [0.2, 0.25) is 0 Å². The number of ether oxygens (including phenoxy) is 3. The van der Waals surface area contributed by atoms with Crippen LogP contribution >= 0.6 is 0 Å². The molecule has 3 aromatic rings. The number of carbonyl (C=O) groups is 1. The van der Waals surface area contributed by atoms with Crippen molar-refractivity contribution in [1.82, 2.24) is 9.97 Å². The maximum Gasteiger partial charge on any atom is 0.415 e. The maximum absolute atomic E-state index is 12.5. The molecule has 2 fully saturated rings. The minimum absolute atomic E-state index is 0.0289. The second-order valence-electron chi connectivity index (χ2n) is 11.1. The van der Waals surface area contributed by atoms with Gasteiger partial charge in [-0.3, -0.25) is 4.90 Å². The Morgan fingerprint density at radius 2 is 2.00 bits per heavy atom. The number of hydrogen-bond acceptors (Lipinski definition) is 8. The number of aromatic nitrogens is 2. The maximum atomic E-state index is 12.5. The summed E-state index contributed by atoms with van der Waals surface area (Å²) in [4.78, 5) is 25.3. The second-order valence-corrected chi connectivity index (χ2v) is 11.1. The standard InChI is InChI=1S/C29H36N4O5/c1-28(2,3)38-27(35)32(4)25-16-21(12-13-30-25)23-10-8-20-15-22(9-11-24(20)31-23)33-17-29(18-33,19-34)37-26-7-5-6-14-36-26/h8-13,15-16,26,34H,5-7,14,17-19H2,1-4H3. The van der Waals surface area contributed by atoms with Crippen molar-refractivity contribution < 1.29 is 24.1 Å². The van der Waals surface area contributed by atoms with Gasteiger partial charge >= 0.3 is 6.09 Å². The lowest BCUT2D eigenvalue weighted by Gasteiger charge is -2.51. The van der Waals surface area contributed by atoms with E-state index in [0.717, 1.165) is 53.7 Å². The number of fused-ring (bicyclic) bond motifs is 1. The van der Waals surface area contributed by atoms with E-state index in [-0.39, 0.29) is 12.9 Å². The van der Waals surface area contributed by atoms with Gasteiger partial charge in [-0.2, -0.15) is 0 Å². The van der Waals surface area contributed by atoms with Crippen LogP contribution in [0, 0.1) is 0 Å². The molecule has 2 aromatic heterocycles. The van der Waals surface area contributed by atoms with E-state index in [1.807, 2.05) is 57.2 Å². The summed E-state index contributed by atoms with van der Waals surface area (Å²) in [5.74, 6) is 0.486. The topological polar surface area (TPSA) is 97.3 Å². The van der Waals surface area contributed by atoms with E-state index < -0.39 is 17.3 Å². The smallest absolute Gasteiger partial charge is 0.415 e. The first kappa shape index (κ1) is 26.3. The van der Waals surface area contributed by atoms with Gasteiger partial charge in [0.15, 0.2) is 6.29 Å². The highest BCUT2D eigenvalue weighted by molar-refractivity contribution is 5.88. The molecule has 1 N–H and O–H groups in total. The molecule has 5 rings (SSSR count). The van der Waals surface area contributed by atoms with E-state index in [1.165, 1.54) is 4.90 Å². The van der Waals surface area contributed by atoms with E-state index >= 15 is 0 Å². The third-order valence-corrected chi connectivity index (χ3v) is 6.86. The van der Waals surface area contributed by atoms with Crippen LogP contribution < -0.4 is 9.80 Å². The first-order valence-corrected chi connectivity index (χ1v) is 13.1. The van der Waals surface area contributed by atoms with Crippen molar-refractivity contribution >= 4 is 28.5 Å². The van der Waals surface area contributed by atoms with Gasteiger partial charge in [0.05, 0.1) is 30.9 Å². The molecule has 0 aliphatic carbocycles. The van der Waals surface area contributed by atoms with Gasteiger partial charge in [-0.1, -0.05) is 6.07 Å². The Morgan fingerprint density at radius 3 is 2.71 bits per heavy atom. The molecule has 2 aliphatic heterocycles. The summed E-state index contributed by atoms with van der Waals surface area (Å²) in [7, 11) is 1.64. The molecule has 0 radical (unpaired) electrons. The zero-order valence-electron chi connectivity index (χ0n) is 22.5. The molecule has 202 valence electrons. The second kappa shape index (κ2) is 10.5. The van der Waals surface area contributed by atoms with Crippen LogP contribution in [0.3, 0.4) is 0 Å². The van der Waals surface area contributed by atoms with Gasteiger partial charge in [-0.15, -0.1) is 0 Å². The van der Waals surface area contributed by atoms with Crippen LogP contribution in [0.25, 0.3) is 22.2 Å². The molecule has 9 heteroatoms. The van der Waals surface area contributed by atoms with Crippen LogP contribution in [0.5, 0.6) is 0 Å². The number of hydrogen-bond donors (Lipinski definition) is 1. The Kier molecular flexibility index (Phi) is 7.26. The Morgan fingerprint density at radius 1 is 1.18 bits per heavy atom. The summed E-state index contributed by atoms with van der Waals surface area (Å²) in [6.45, 7) is 7.42. The van der Waals surface area contributed by atoms with Gasteiger partial charge in [0.1, 0.15) is 17.0 Å². The number of pyridine rings is 2. The molecule has 4 heterocycles. The number of anilines is 2. The number of carbonyl (C=O) groups excluding carboxylic acids is 1. The van der Waals surface area contributed by atoms with E-state index in [2.05, 4.69) is 16.0 Å². The van der Waals surface area contributed by atoms with Crippen molar-refractivity contribution in [2.75, 3.05) is 43.2 Å². The molecule has 9 nitrogen and oxygen atoms in total. The molecular formula is C29H36N4O5. The lowest BCUT2D eigenvalue weighted by molar-refractivity contribution is -0.240. The Bertz CT molecular complexity index is 1300. The van der Waals surface area contributed by atoms with Crippen molar-refractivity contribution in [2.24, 2.45) is 0 Å². The highest BCUT2D eigenvalue weighted by Gasteiger charge is 2.46. The SMILES string of the molecule is CN(C(=O)OC(C)(C)C)c1cc(-c2ccc3cc(N4CC(CO)(OC5CCCCO5)C4)ccc3n2)ccn1. The third-order valence-electron chi connectivity index (χ3n) is 6.86. The fourth-order valence-corrected chi connectivity index (χ4v) is 4.78. The fraction of sp³-hybridized carbons (Fsp3) is 0.483. The summed E-state index contributed by atoms with van der Waals surface area (Å²) < 4.78 is 17.3. The molecule has 38 heavy (non-hydrogen) atoms. The predicted octanol–water partition coefficient (Wildman–Crippen LogP) is 4.76. The monoisotopic (exact) mass is 520 g/mol. The number of aliphatic hydroxyl groups excluding tert-OH is 1. The summed E-state index contributed by atoms with van der Waals surface area (Å²) >= 11 is 0. The highest BCUT2D eigenvalue weighted by atomic mass is 16.7. The van der Waals surface area contributed by atoms with Gasteiger partial charge in [0, 0.05) is 36.5 Å². The van der Waals surface area contributed by atoms with Crippen LogP contribution in [0.1, 0.15) is 40.0 Å². The van der Waals surface area contributed by atoms with Crippen molar-refractivity contribution in [1.29, 1.82) is 0 Å². The third kappa shape index (κ3) is 5.75. The summed E-state index contributed by atoms with van der Waals surface area (Å²) in [6.07, 6.45) is 4.01. The molecule has 2 saturated heterocycles. The van der Waals surface area contributed by atoms with Crippen LogP contribution in [-0.2, 0) is 14.2 Å². The van der Waals surface area contributed by atoms with Crippen LogP contribution in [-0.4, -0.2) is 72.0 Å². The van der Waals surface area contributed by atoms with Crippen LogP contribution in [0.15, 0.2) is 48.7 Å². The van der Waals surface area contributed by atoms with Crippen molar-refractivity contribution in [3.63, 3.8) is 0 Å². The van der Waals surface area contributed by atoms with Gasteiger partial charge in [0.25, 0.3) is 0 Å². The molecule has 2 aliphatic rings. The quantitative estimate of drug-likeness (QED) is 0.497. The van der Waals surface area contributed by atoms with E-state index in [0.29, 0.717) is 18.9 Å². The van der Waals surface area contributed by atoms with Crippen molar-refractivity contribution in [2.45, 2.75) is 57.5 Å². The molecular weight excluding hydrogens is 484 g/mol. The summed E-state index contributed by atoms with van der Waals surface area (Å²) in [5, 5.41) is 11.0. The van der Waals surface area contributed by atoms with Gasteiger partial charge in [-0.25, -0.2) is 14.8 Å². The summed E-state index contributed by atoms with van der Waals surface area (Å²) in [6, 6.07) is 13.9. The van der Waals surface area contributed by atoms with Gasteiger partial charge in [-0.05, 0) is 76.4 Å². The first-order valence-electron chi connectivity index (χ1n) is 13.1. The molecule has 1 atom stereocenters. The first-order chi connectivity index (χ1) is 18.1. The minimum Gasteiger partial charge on any atom is -0.443 e. The largest absolute Gasteiger partial charge is 0.443 e. The van der Waals surface area contributed by atoms with Gasteiger partial charge < -0.3 is 24.2 Å². The predicted molar refractivity (Wildman–Crippen MR) is 146 cm³/mol. The Hall–Kier alpha value is -3.27. The molecule has 0 spiro atoms. The number of benzene rings is 1. The molecule has 0 saturated carbocycles. The number of amides is 1. The van der Waals surface area contributed by atoms with Crippen molar-refractivity contribution in [3.05, 3.63) is 48.7 Å². The molecule has 0 bridgehead atoms. The van der Waals surface area contributed by atoms with E-state index in [1.54, 1.807) is 13.2 Å². The van der Waals surface area contributed by atoms with Crippen LogP contribution in [0.4, 0.5) is 16.3 Å². The zero-order valence-corrected chi connectivity index (χ0v) is 22.5. The van der Waals surface area contributed by atoms with Gasteiger partial charge in [0.2, 0.25) is 0 Å². The lowest BCUT2D eigenvalue weighted by Crippen LogP contribution is -2.66. The molecule has 1 amide bonds. The molecule has 1 unspecified atom stereocenters. The van der Waals surface area contributed by atoms with E-state index in [4.69, 9.17) is 19.2 Å². The summed E-state index contributed by atoms with van der Waals surface area (Å²) in [5.41, 5.74) is 2.41. The highest BCUT2D eigenvalue weighted by Crippen LogP contribution is 2.35. The zero-order chi connectivity index (χ0) is 26.9. The average molecular weight is 521 g/mol.